The number of thiazole rings is 1. The fourth-order valence-corrected chi connectivity index (χ4v) is 4.91. The van der Waals surface area contributed by atoms with Crippen LogP contribution in [0.5, 0.6) is 0 Å². The lowest BCUT2D eigenvalue weighted by Gasteiger charge is -2.04. The molecule has 0 radical (unpaired) electrons. The van der Waals surface area contributed by atoms with E-state index in [1.165, 1.54) is 29.7 Å². The van der Waals surface area contributed by atoms with Gasteiger partial charge >= 0.3 is 0 Å². The summed E-state index contributed by atoms with van der Waals surface area (Å²) in [4.78, 5) is 6.05. The molecule has 0 aliphatic heterocycles. The number of benzene rings is 3. The van der Waals surface area contributed by atoms with Gasteiger partial charge in [0.1, 0.15) is 10.8 Å². The van der Waals surface area contributed by atoms with Crippen molar-refractivity contribution in [2.24, 2.45) is 0 Å². The zero-order chi connectivity index (χ0) is 20.6. The molecule has 0 bridgehead atoms. The number of aryl methyl sites for hydroxylation is 1. The van der Waals surface area contributed by atoms with Crippen molar-refractivity contribution in [3.8, 4) is 32.3 Å². The lowest BCUT2D eigenvalue weighted by molar-refractivity contribution is 0.602. The molecule has 6 heteroatoms. The molecule has 0 N–H and O–H groups in total. The molecule has 3 nitrogen and oxygen atoms in total. The Balaban J connectivity index is 1.89. The first-order valence-electron chi connectivity index (χ1n) is 8.96. The number of hydrogen-bond acceptors (Lipinski definition) is 4. The molecule has 3 aromatic carbocycles. The van der Waals surface area contributed by atoms with E-state index in [1.54, 1.807) is 36.4 Å². The first-order chi connectivity index (χ1) is 13.8. The smallest absolute Gasteiger partial charge is 0.175 e. The molecule has 0 saturated heterocycles. The van der Waals surface area contributed by atoms with Crippen LogP contribution in [0, 0.1) is 12.7 Å². The topological polar surface area (TPSA) is 47.0 Å². The van der Waals surface area contributed by atoms with Gasteiger partial charge in [-0.05, 0) is 54.4 Å². The van der Waals surface area contributed by atoms with Crippen LogP contribution in [0.2, 0.25) is 0 Å². The van der Waals surface area contributed by atoms with E-state index in [0.29, 0.717) is 0 Å². The minimum Gasteiger partial charge on any atom is -0.235 e. The summed E-state index contributed by atoms with van der Waals surface area (Å²) >= 11 is 1.54. The zero-order valence-electron chi connectivity index (χ0n) is 15.9. The highest BCUT2D eigenvalue weighted by Crippen LogP contribution is 2.41. The van der Waals surface area contributed by atoms with Crippen LogP contribution in [0.1, 0.15) is 5.56 Å². The van der Waals surface area contributed by atoms with E-state index in [-0.39, 0.29) is 10.7 Å². The minimum absolute atomic E-state index is 0.272. The van der Waals surface area contributed by atoms with E-state index in [4.69, 9.17) is 4.98 Å². The van der Waals surface area contributed by atoms with E-state index in [2.05, 4.69) is 0 Å². The van der Waals surface area contributed by atoms with Crippen LogP contribution in [0.4, 0.5) is 4.39 Å². The third-order valence-electron chi connectivity index (χ3n) is 4.66. The van der Waals surface area contributed by atoms with Crippen molar-refractivity contribution in [3.63, 3.8) is 0 Å². The molecule has 29 heavy (non-hydrogen) atoms. The Bertz CT molecular complexity index is 1280. The highest BCUT2D eigenvalue weighted by molar-refractivity contribution is 7.90. The average molecular weight is 424 g/mol. The Kier molecular flexibility index (Phi) is 5.06. The summed E-state index contributed by atoms with van der Waals surface area (Å²) in [5.41, 5.74) is 4.59. The van der Waals surface area contributed by atoms with Gasteiger partial charge in [0.25, 0.3) is 0 Å². The molecule has 0 aliphatic carbocycles. The fourth-order valence-electron chi connectivity index (χ4n) is 3.10. The maximum absolute atomic E-state index is 13.4. The lowest BCUT2D eigenvalue weighted by atomic mass is 10.1. The maximum atomic E-state index is 13.4. The van der Waals surface area contributed by atoms with Gasteiger partial charge in [0.15, 0.2) is 9.84 Å². The molecule has 4 aromatic rings. The van der Waals surface area contributed by atoms with Crippen LogP contribution < -0.4 is 0 Å². The molecule has 0 saturated carbocycles. The van der Waals surface area contributed by atoms with Gasteiger partial charge in [-0.3, -0.25) is 0 Å². The number of hydrogen-bond donors (Lipinski definition) is 0. The molecule has 0 amide bonds. The van der Waals surface area contributed by atoms with Crippen LogP contribution in [0.25, 0.3) is 32.3 Å². The summed E-state index contributed by atoms with van der Waals surface area (Å²) in [7, 11) is -3.27. The summed E-state index contributed by atoms with van der Waals surface area (Å²) < 4.78 is 37.0. The van der Waals surface area contributed by atoms with Gasteiger partial charge in [-0.25, -0.2) is 17.8 Å². The Hall–Kier alpha value is -2.83. The van der Waals surface area contributed by atoms with Crippen LogP contribution in [0.15, 0.2) is 77.7 Å². The summed E-state index contributed by atoms with van der Waals surface area (Å²) in [6, 6.07) is 21.1. The number of rotatable bonds is 4. The second-order valence-electron chi connectivity index (χ2n) is 6.82. The lowest BCUT2D eigenvalue weighted by Crippen LogP contribution is -1.96. The van der Waals surface area contributed by atoms with Crippen molar-refractivity contribution < 1.29 is 12.8 Å². The minimum atomic E-state index is -3.27. The van der Waals surface area contributed by atoms with Gasteiger partial charge < -0.3 is 0 Å². The van der Waals surface area contributed by atoms with Crippen molar-refractivity contribution in [2.75, 3.05) is 6.26 Å². The second kappa shape index (κ2) is 7.54. The fraction of sp³-hybridized carbons (Fsp3) is 0.0870. The van der Waals surface area contributed by atoms with Gasteiger partial charge in [-0.15, -0.1) is 11.3 Å². The summed E-state index contributed by atoms with van der Waals surface area (Å²) in [6.45, 7) is 2.04. The van der Waals surface area contributed by atoms with Gasteiger partial charge in [0.05, 0.1) is 15.5 Å². The third kappa shape index (κ3) is 3.99. The predicted molar refractivity (Wildman–Crippen MR) is 116 cm³/mol. The van der Waals surface area contributed by atoms with Gasteiger partial charge in [0.2, 0.25) is 0 Å². The largest absolute Gasteiger partial charge is 0.235 e. The van der Waals surface area contributed by atoms with Crippen molar-refractivity contribution in [1.82, 2.24) is 4.98 Å². The van der Waals surface area contributed by atoms with Crippen LogP contribution in [-0.4, -0.2) is 19.7 Å². The van der Waals surface area contributed by atoms with Crippen molar-refractivity contribution in [3.05, 3.63) is 84.2 Å². The van der Waals surface area contributed by atoms with E-state index in [9.17, 15) is 12.8 Å². The van der Waals surface area contributed by atoms with E-state index in [1.807, 2.05) is 31.2 Å². The van der Waals surface area contributed by atoms with Crippen molar-refractivity contribution in [2.45, 2.75) is 11.8 Å². The van der Waals surface area contributed by atoms with Crippen molar-refractivity contribution >= 4 is 21.2 Å². The predicted octanol–water partition coefficient (Wildman–Crippen LogP) is 6.00. The highest BCUT2D eigenvalue weighted by Gasteiger charge is 2.18. The SMILES string of the molecule is Cc1ccccc1-c1nc(-c2ccc(F)cc2)c(-c2ccc(S(C)(=O)=O)cc2)s1. The quantitative estimate of drug-likeness (QED) is 0.405. The Labute approximate surface area is 173 Å². The normalized spacial score (nSPS) is 11.6. The molecule has 4 rings (SSSR count). The molecule has 0 fully saturated rings. The molecular formula is C23H18FNO2S2. The molecule has 1 heterocycles. The molecule has 0 atom stereocenters. The molecule has 146 valence electrons. The second-order valence-corrected chi connectivity index (χ2v) is 9.83. The number of halogens is 1. The van der Waals surface area contributed by atoms with E-state index in [0.717, 1.165) is 37.8 Å². The number of nitrogens with zero attached hydrogens (tertiary/aromatic N) is 1. The van der Waals surface area contributed by atoms with Gasteiger partial charge in [-0.1, -0.05) is 36.4 Å². The monoisotopic (exact) mass is 423 g/mol. The number of aromatic nitrogens is 1. The Morgan fingerprint density at radius 2 is 1.48 bits per heavy atom. The first-order valence-corrected chi connectivity index (χ1v) is 11.7. The maximum Gasteiger partial charge on any atom is 0.175 e. The number of sulfone groups is 1. The molecule has 1 aromatic heterocycles. The van der Waals surface area contributed by atoms with Gasteiger partial charge in [-0.2, -0.15) is 0 Å². The zero-order valence-corrected chi connectivity index (χ0v) is 17.5. The van der Waals surface area contributed by atoms with Crippen molar-refractivity contribution in [1.29, 1.82) is 0 Å². The van der Waals surface area contributed by atoms with Crippen LogP contribution in [0.3, 0.4) is 0 Å². The summed E-state index contributed by atoms with van der Waals surface area (Å²) in [5, 5.41) is 0.865. The van der Waals surface area contributed by atoms with E-state index >= 15 is 0 Å². The van der Waals surface area contributed by atoms with Crippen LogP contribution in [-0.2, 0) is 9.84 Å². The van der Waals surface area contributed by atoms with Crippen LogP contribution >= 0.6 is 11.3 Å². The highest BCUT2D eigenvalue weighted by atomic mass is 32.2. The Morgan fingerprint density at radius 3 is 2.10 bits per heavy atom. The Morgan fingerprint density at radius 1 is 0.862 bits per heavy atom. The first kappa shape index (κ1) is 19.5. The third-order valence-corrected chi connectivity index (χ3v) is 6.93. The molecule has 0 unspecified atom stereocenters. The standard InChI is InChI=1S/C23H18FNO2S2/c1-15-5-3-4-6-20(15)23-25-21(16-7-11-18(24)12-8-16)22(28-23)17-9-13-19(14-10-17)29(2,26)27/h3-14H,1-2H3. The molecular weight excluding hydrogens is 405 g/mol. The van der Waals surface area contributed by atoms with Gasteiger partial charge in [0, 0.05) is 17.4 Å². The summed E-state index contributed by atoms with van der Waals surface area (Å²) in [6.07, 6.45) is 1.19. The average Bonchev–Trinajstić information content (AvgIpc) is 3.13. The van der Waals surface area contributed by atoms with E-state index < -0.39 is 9.84 Å². The molecule has 0 aliphatic rings. The molecule has 0 spiro atoms. The summed E-state index contributed by atoms with van der Waals surface area (Å²) in [5.74, 6) is -0.304.